The maximum atomic E-state index is 12.7. The van der Waals surface area contributed by atoms with E-state index in [0.717, 1.165) is 19.1 Å². The van der Waals surface area contributed by atoms with Crippen molar-refractivity contribution in [2.24, 2.45) is 0 Å². The van der Waals surface area contributed by atoms with Crippen molar-refractivity contribution in [3.05, 3.63) is 29.3 Å². The first kappa shape index (κ1) is 16.0. The van der Waals surface area contributed by atoms with Crippen molar-refractivity contribution < 1.29 is 21.6 Å². The van der Waals surface area contributed by atoms with E-state index in [1.807, 2.05) is 0 Å². The summed E-state index contributed by atoms with van der Waals surface area (Å²) in [4.78, 5) is -0.350. The number of benzene rings is 1. The Morgan fingerprint density at radius 1 is 1.11 bits per heavy atom. The van der Waals surface area contributed by atoms with Gasteiger partial charge in [-0.15, -0.1) is 0 Å². The van der Waals surface area contributed by atoms with Gasteiger partial charge in [-0.25, -0.2) is 13.1 Å². The molecule has 108 valence electrons. The van der Waals surface area contributed by atoms with Crippen LogP contribution in [0.25, 0.3) is 0 Å². The van der Waals surface area contributed by atoms with Gasteiger partial charge in [0, 0.05) is 5.54 Å². The van der Waals surface area contributed by atoms with Crippen LogP contribution in [0.4, 0.5) is 13.2 Å². The van der Waals surface area contributed by atoms with Crippen LogP contribution >= 0.6 is 0 Å². The quantitative estimate of drug-likeness (QED) is 0.911. The molecule has 0 radical (unpaired) electrons. The molecule has 7 heteroatoms. The van der Waals surface area contributed by atoms with Crippen molar-refractivity contribution in [2.75, 3.05) is 0 Å². The van der Waals surface area contributed by atoms with E-state index in [0.29, 0.717) is 0 Å². The van der Waals surface area contributed by atoms with Crippen molar-refractivity contribution in [2.45, 2.75) is 44.3 Å². The van der Waals surface area contributed by atoms with Gasteiger partial charge >= 0.3 is 6.18 Å². The fraction of sp³-hybridized carbons (Fsp3) is 0.500. The number of rotatable bonds is 2. The maximum absolute atomic E-state index is 12.7. The van der Waals surface area contributed by atoms with Crippen molar-refractivity contribution in [1.82, 2.24) is 4.72 Å². The average molecular weight is 295 g/mol. The molecule has 1 N–H and O–H groups in total. The topological polar surface area (TPSA) is 46.2 Å². The van der Waals surface area contributed by atoms with Crippen LogP contribution in [-0.4, -0.2) is 14.0 Å². The highest BCUT2D eigenvalue weighted by Gasteiger charge is 2.35. The molecular formula is C12H16F3NO2S. The van der Waals surface area contributed by atoms with Crippen LogP contribution in [0.3, 0.4) is 0 Å². The number of hydrogen-bond donors (Lipinski definition) is 1. The predicted octanol–water partition coefficient (Wildman–Crippen LogP) is 3.09. The fourth-order valence-electron chi connectivity index (χ4n) is 1.67. The lowest BCUT2D eigenvalue weighted by Gasteiger charge is -2.22. The molecule has 0 heterocycles. The first-order valence-electron chi connectivity index (χ1n) is 5.55. The summed E-state index contributed by atoms with van der Waals surface area (Å²) >= 11 is 0. The minimum atomic E-state index is -4.57. The van der Waals surface area contributed by atoms with Crippen molar-refractivity contribution in [1.29, 1.82) is 0 Å². The highest BCUT2D eigenvalue weighted by atomic mass is 32.2. The van der Waals surface area contributed by atoms with Gasteiger partial charge in [-0.1, -0.05) is 6.07 Å². The van der Waals surface area contributed by atoms with Crippen molar-refractivity contribution in [3.8, 4) is 0 Å². The van der Waals surface area contributed by atoms with E-state index in [9.17, 15) is 21.6 Å². The molecule has 0 amide bonds. The fourth-order valence-corrected chi connectivity index (χ4v) is 3.36. The summed E-state index contributed by atoms with van der Waals surface area (Å²) in [5, 5.41) is 0. The van der Waals surface area contributed by atoms with Crippen LogP contribution in [0, 0.1) is 6.92 Å². The molecule has 19 heavy (non-hydrogen) atoms. The smallest absolute Gasteiger partial charge is 0.207 e. The second-order valence-electron chi connectivity index (χ2n) is 5.28. The molecule has 0 aliphatic heterocycles. The highest BCUT2D eigenvalue weighted by molar-refractivity contribution is 7.89. The summed E-state index contributed by atoms with van der Waals surface area (Å²) in [7, 11) is -3.98. The molecule has 3 nitrogen and oxygen atoms in total. The summed E-state index contributed by atoms with van der Waals surface area (Å²) in [6.07, 6.45) is -4.57. The summed E-state index contributed by atoms with van der Waals surface area (Å²) < 4.78 is 64.7. The summed E-state index contributed by atoms with van der Waals surface area (Å²) in [6, 6.07) is 3.12. The van der Waals surface area contributed by atoms with Crippen LogP contribution in [-0.2, 0) is 16.2 Å². The van der Waals surface area contributed by atoms with Gasteiger partial charge < -0.3 is 0 Å². The van der Waals surface area contributed by atoms with E-state index in [1.165, 1.54) is 6.07 Å². The second-order valence-corrected chi connectivity index (χ2v) is 6.93. The Kier molecular flexibility index (Phi) is 4.03. The number of sulfonamides is 1. The molecule has 0 saturated carbocycles. The zero-order valence-electron chi connectivity index (χ0n) is 11.1. The number of halogens is 3. The lowest BCUT2D eigenvalue weighted by Crippen LogP contribution is -2.40. The molecule has 0 aliphatic carbocycles. The second kappa shape index (κ2) is 4.79. The largest absolute Gasteiger partial charge is 0.416 e. The Balaban J connectivity index is 3.38. The maximum Gasteiger partial charge on any atom is 0.416 e. The third kappa shape index (κ3) is 3.94. The number of alkyl halides is 3. The molecule has 0 aromatic heterocycles. The average Bonchev–Trinajstić information content (AvgIpc) is 2.11. The minimum Gasteiger partial charge on any atom is -0.207 e. The molecule has 0 spiro atoms. The summed E-state index contributed by atoms with van der Waals surface area (Å²) in [5.74, 6) is 0. The van der Waals surface area contributed by atoms with Gasteiger partial charge in [0.25, 0.3) is 0 Å². The van der Waals surface area contributed by atoms with Crippen LogP contribution in [0.1, 0.15) is 31.9 Å². The lowest BCUT2D eigenvalue weighted by atomic mass is 10.1. The molecule has 1 aromatic carbocycles. The molecular weight excluding hydrogens is 279 g/mol. The van der Waals surface area contributed by atoms with Gasteiger partial charge in [-0.3, -0.25) is 0 Å². The zero-order valence-corrected chi connectivity index (χ0v) is 11.9. The van der Waals surface area contributed by atoms with Crippen LogP contribution in [0.2, 0.25) is 0 Å². The van der Waals surface area contributed by atoms with Gasteiger partial charge in [0.1, 0.15) is 0 Å². The van der Waals surface area contributed by atoms with Gasteiger partial charge in [-0.05, 0) is 45.4 Å². The molecule has 1 rings (SSSR count). The summed E-state index contributed by atoms with van der Waals surface area (Å²) in [5.41, 5.74) is -2.00. The van der Waals surface area contributed by atoms with Gasteiger partial charge in [0.15, 0.2) is 0 Å². The van der Waals surface area contributed by atoms with Crippen LogP contribution < -0.4 is 4.72 Å². The third-order valence-corrected chi connectivity index (χ3v) is 4.22. The van der Waals surface area contributed by atoms with Crippen LogP contribution in [0.5, 0.6) is 0 Å². The Hall–Kier alpha value is -1.08. The Morgan fingerprint density at radius 3 is 2.05 bits per heavy atom. The first-order chi connectivity index (χ1) is 8.34. The predicted molar refractivity (Wildman–Crippen MR) is 66.3 cm³/mol. The minimum absolute atomic E-state index is 0.299. The molecule has 0 saturated heterocycles. The molecule has 0 unspecified atom stereocenters. The zero-order chi connectivity index (χ0) is 15.1. The molecule has 0 atom stereocenters. The molecule has 0 bridgehead atoms. The van der Waals surface area contributed by atoms with E-state index >= 15 is 0 Å². The normalized spacial score (nSPS) is 13.6. The SMILES string of the molecule is Cc1c(C(F)(F)F)cccc1S(=O)(=O)NC(C)(C)C. The van der Waals surface area contributed by atoms with Gasteiger partial charge in [0.2, 0.25) is 10.0 Å². The Labute approximate surface area is 110 Å². The molecule has 0 fully saturated rings. The monoisotopic (exact) mass is 295 g/mol. The Bertz CT molecular complexity index is 572. The van der Waals surface area contributed by atoms with Gasteiger partial charge in [-0.2, -0.15) is 13.2 Å². The van der Waals surface area contributed by atoms with E-state index < -0.39 is 27.3 Å². The van der Waals surface area contributed by atoms with E-state index in [4.69, 9.17) is 0 Å². The van der Waals surface area contributed by atoms with Crippen molar-refractivity contribution in [3.63, 3.8) is 0 Å². The van der Waals surface area contributed by atoms with E-state index in [2.05, 4.69) is 4.72 Å². The van der Waals surface area contributed by atoms with Crippen LogP contribution in [0.15, 0.2) is 23.1 Å². The molecule has 0 aliphatic rings. The van der Waals surface area contributed by atoms with E-state index in [-0.39, 0.29) is 10.5 Å². The Morgan fingerprint density at radius 2 is 1.63 bits per heavy atom. The first-order valence-corrected chi connectivity index (χ1v) is 7.04. The van der Waals surface area contributed by atoms with E-state index in [1.54, 1.807) is 20.8 Å². The van der Waals surface area contributed by atoms with Crippen molar-refractivity contribution >= 4 is 10.0 Å². The standard InChI is InChI=1S/C12H16F3NO2S/c1-8-9(12(13,14)15)6-5-7-10(8)19(17,18)16-11(2,3)4/h5-7,16H,1-4H3. The molecule has 1 aromatic rings. The number of nitrogens with one attached hydrogen (secondary N) is 1. The van der Waals surface area contributed by atoms with Gasteiger partial charge in [0.05, 0.1) is 10.5 Å². The summed E-state index contributed by atoms with van der Waals surface area (Å²) in [6.45, 7) is 6.01. The lowest BCUT2D eigenvalue weighted by molar-refractivity contribution is -0.138. The number of hydrogen-bond acceptors (Lipinski definition) is 2. The third-order valence-electron chi connectivity index (χ3n) is 2.32. The highest BCUT2D eigenvalue weighted by Crippen LogP contribution is 2.34.